The number of anilines is 1. The molecule has 6 nitrogen and oxygen atoms in total. The Labute approximate surface area is 102 Å². The summed E-state index contributed by atoms with van der Waals surface area (Å²) in [6.45, 7) is 1.86. The van der Waals surface area contributed by atoms with E-state index in [1.165, 1.54) is 12.1 Å². The lowest BCUT2D eigenvalue weighted by Crippen LogP contribution is -1.96. The summed E-state index contributed by atoms with van der Waals surface area (Å²) in [7, 11) is 0. The Morgan fingerprint density at radius 1 is 1.56 bits per heavy atom. The SMILES string of the molecule is CCc1c(N)n[nH]c1-c1ccc(F)cc1[N+](=O)[O-]. The molecule has 1 aromatic carbocycles. The Balaban J connectivity index is 2.67. The quantitative estimate of drug-likeness (QED) is 0.644. The molecule has 0 radical (unpaired) electrons. The fraction of sp³-hybridized carbons (Fsp3) is 0.182. The molecule has 3 N–H and O–H groups in total. The van der Waals surface area contributed by atoms with Gasteiger partial charge in [-0.15, -0.1) is 0 Å². The summed E-state index contributed by atoms with van der Waals surface area (Å²) in [5.74, 6) is -0.359. The number of nitrogens with two attached hydrogens (primary N) is 1. The van der Waals surface area contributed by atoms with E-state index >= 15 is 0 Å². The molecule has 1 aromatic heterocycles. The van der Waals surface area contributed by atoms with E-state index in [9.17, 15) is 14.5 Å². The highest BCUT2D eigenvalue weighted by Crippen LogP contribution is 2.33. The highest BCUT2D eigenvalue weighted by atomic mass is 19.1. The molecule has 2 rings (SSSR count). The van der Waals surface area contributed by atoms with Crippen LogP contribution in [0.2, 0.25) is 0 Å². The Kier molecular flexibility index (Phi) is 2.97. The van der Waals surface area contributed by atoms with Crippen LogP contribution in [0.25, 0.3) is 11.3 Å². The molecule has 0 atom stereocenters. The molecule has 0 aliphatic rings. The molecule has 0 aliphatic carbocycles. The van der Waals surface area contributed by atoms with Crippen LogP contribution >= 0.6 is 0 Å². The van der Waals surface area contributed by atoms with Crippen molar-refractivity contribution in [3.8, 4) is 11.3 Å². The van der Waals surface area contributed by atoms with E-state index in [4.69, 9.17) is 5.73 Å². The molecule has 2 aromatic rings. The summed E-state index contributed by atoms with van der Waals surface area (Å²) in [5.41, 5.74) is 6.77. The van der Waals surface area contributed by atoms with Gasteiger partial charge in [0.05, 0.1) is 22.2 Å². The topological polar surface area (TPSA) is 97.8 Å². The van der Waals surface area contributed by atoms with E-state index in [1.807, 2.05) is 6.92 Å². The van der Waals surface area contributed by atoms with Gasteiger partial charge in [-0.05, 0) is 18.6 Å². The second-order valence-corrected chi connectivity index (χ2v) is 3.73. The monoisotopic (exact) mass is 250 g/mol. The maximum atomic E-state index is 13.1. The number of nitro groups is 1. The van der Waals surface area contributed by atoms with Gasteiger partial charge in [-0.2, -0.15) is 5.10 Å². The number of nitrogen functional groups attached to an aromatic ring is 1. The normalized spacial score (nSPS) is 10.6. The van der Waals surface area contributed by atoms with Crippen LogP contribution in [0.4, 0.5) is 15.9 Å². The number of nitro benzene ring substituents is 1. The average Bonchev–Trinajstić information content (AvgIpc) is 2.70. The van der Waals surface area contributed by atoms with Crippen LogP contribution in [0, 0.1) is 15.9 Å². The molecule has 7 heteroatoms. The number of nitrogens with one attached hydrogen (secondary N) is 1. The number of hydrogen-bond donors (Lipinski definition) is 2. The van der Waals surface area contributed by atoms with Crippen molar-refractivity contribution in [3.63, 3.8) is 0 Å². The third-order valence-corrected chi connectivity index (χ3v) is 2.68. The summed E-state index contributed by atoms with van der Waals surface area (Å²) < 4.78 is 13.1. The Bertz CT molecular complexity index is 609. The van der Waals surface area contributed by atoms with Crippen LogP contribution < -0.4 is 5.73 Å². The number of H-pyrrole nitrogens is 1. The summed E-state index contributed by atoms with van der Waals surface area (Å²) in [6.07, 6.45) is 0.576. The first kappa shape index (κ1) is 12.0. The Morgan fingerprint density at radius 3 is 2.89 bits per heavy atom. The van der Waals surface area contributed by atoms with Crippen molar-refractivity contribution in [3.05, 3.63) is 39.7 Å². The van der Waals surface area contributed by atoms with Crippen LogP contribution in [-0.2, 0) is 6.42 Å². The maximum Gasteiger partial charge on any atom is 0.281 e. The van der Waals surface area contributed by atoms with Crippen molar-refractivity contribution in [2.75, 3.05) is 5.73 Å². The largest absolute Gasteiger partial charge is 0.382 e. The second kappa shape index (κ2) is 4.44. The van der Waals surface area contributed by atoms with Gasteiger partial charge in [0.2, 0.25) is 0 Å². The summed E-state index contributed by atoms with van der Waals surface area (Å²) in [4.78, 5) is 10.3. The van der Waals surface area contributed by atoms with Gasteiger partial charge in [-0.1, -0.05) is 6.92 Å². The van der Waals surface area contributed by atoms with Crippen LogP contribution in [0.1, 0.15) is 12.5 Å². The Hall–Kier alpha value is -2.44. The van der Waals surface area contributed by atoms with Crippen molar-refractivity contribution in [1.29, 1.82) is 0 Å². The predicted octanol–water partition coefficient (Wildman–Crippen LogP) is 2.27. The maximum absolute atomic E-state index is 13.1. The smallest absolute Gasteiger partial charge is 0.281 e. The minimum Gasteiger partial charge on any atom is -0.382 e. The fourth-order valence-corrected chi connectivity index (χ4v) is 1.83. The van der Waals surface area contributed by atoms with Gasteiger partial charge >= 0.3 is 0 Å². The highest BCUT2D eigenvalue weighted by molar-refractivity contribution is 5.75. The third kappa shape index (κ3) is 1.90. The summed E-state index contributed by atoms with van der Waals surface area (Å²) in [5, 5.41) is 17.4. The number of halogens is 1. The lowest BCUT2D eigenvalue weighted by molar-refractivity contribution is -0.384. The van der Waals surface area contributed by atoms with E-state index in [1.54, 1.807) is 0 Å². The van der Waals surface area contributed by atoms with Gasteiger partial charge in [0, 0.05) is 5.56 Å². The van der Waals surface area contributed by atoms with Crippen LogP contribution in [0.15, 0.2) is 18.2 Å². The molecule has 0 amide bonds. The van der Waals surface area contributed by atoms with Gasteiger partial charge < -0.3 is 5.73 Å². The summed E-state index contributed by atoms with van der Waals surface area (Å²) >= 11 is 0. The molecular weight excluding hydrogens is 239 g/mol. The minimum atomic E-state index is -0.656. The third-order valence-electron chi connectivity index (χ3n) is 2.68. The predicted molar refractivity (Wildman–Crippen MR) is 64.4 cm³/mol. The second-order valence-electron chi connectivity index (χ2n) is 3.73. The molecule has 0 saturated heterocycles. The summed E-state index contributed by atoms with van der Waals surface area (Å²) in [6, 6.07) is 3.39. The number of rotatable bonds is 3. The van der Waals surface area contributed by atoms with Gasteiger partial charge in [0.1, 0.15) is 11.6 Å². The molecule has 1 heterocycles. The zero-order valence-electron chi connectivity index (χ0n) is 9.61. The van der Waals surface area contributed by atoms with Crippen molar-refractivity contribution in [2.24, 2.45) is 0 Å². The number of aromatic nitrogens is 2. The Morgan fingerprint density at radius 2 is 2.28 bits per heavy atom. The van der Waals surface area contributed by atoms with E-state index < -0.39 is 10.7 Å². The zero-order valence-corrected chi connectivity index (χ0v) is 9.61. The first-order valence-corrected chi connectivity index (χ1v) is 5.31. The molecule has 94 valence electrons. The van der Waals surface area contributed by atoms with Gasteiger partial charge in [-0.25, -0.2) is 4.39 Å². The molecule has 18 heavy (non-hydrogen) atoms. The minimum absolute atomic E-state index is 0.280. The average molecular weight is 250 g/mol. The van der Waals surface area contributed by atoms with E-state index in [0.29, 0.717) is 23.5 Å². The molecule has 0 aliphatic heterocycles. The van der Waals surface area contributed by atoms with Crippen molar-refractivity contribution in [1.82, 2.24) is 10.2 Å². The van der Waals surface area contributed by atoms with E-state index in [2.05, 4.69) is 10.2 Å². The first-order chi connectivity index (χ1) is 8.54. The highest BCUT2D eigenvalue weighted by Gasteiger charge is 2.21. The first-order valence-electron chi connectivity index (χ1n) is 5.31. The molecular formula is C11H11FN4O2. The number of benzene rings is 1. The molecule has 0 fully saturated rings. The van der Waals surface area contributed by atoms with Gasteiger partial charge in [0.15, 0.2) is 0 Å². The van der Waals surface area contributed by atoms with Crippen molar-refractivity contribution in [2.45, 2.75) is 13.3 Å². The molecule has 0 bridgehead atoms. The van der Waals surface area contributed by atoms with Crippen LogP contribution in [-0.4, -0.2) is 15.1 Å². The fourth-order valence-electron chi connectivity index (χ4n) is 1.83. The van der Waals surface area contributed by atoms with Crippen LogP contribution in [0.3, 0.4) is 0 Å². The van der Waals surface area contributed by atoms with E-state index in [0.717, 1.165) is 6.07 Å². The molecule has 0 saturated carbocycles. The number of aromatic amines is 1. The van der Waals surface area contributed by atoms with E-state index in [-0.39, 0.29) is 11.3 Å². The van der Waals surface area contributed by atoms with Gasteiger partial charge in [-0.3, -0.25) is 15.2 Å². The molecule has 0 spiro atoms. The van der Waals surface area contributed by atoms with Gasteiger partial charge in [0.25, 0.3) is 5.69 Å². The zero-order chi connectivity index (χ0) is 13.3. The standard InChI is InChI=1S/C11H11FN4O2/c1-2-7-10(14-15-11(7)13)8-4-3-6(12)5-9(8)16(17)18/h3-5H,2H2,1H3,(H3,13,14,15). The number of hydrogen-bond acceptors (Lipinski definition) is 4. The lowest BCUT2D eigenvalue weighted by atomic mass is 10.0. The number of nitrogens with zero attached hydrogens (tertiary/aromatic N) is 2. The molecule has 0 unspecified atom stereocenters. The van der Waals surface area contributed by atoms with Crippen molar-refractivity contribution >= 4 is 11.5 Å². The van der Waals surface area contributed by atoms with Crippen molar-refractivity contribution < 1.29 is 9.31 Å². The lowest BCUT2D eigenvalue weighted by Gasteiger charge is -2.03. The van der Waals surface area contributed by atoms with Crippen LogP contribution in [0.5, 0.6) is 0 Å².